The Bertz CT molecular complexity index is 974. The number of benzene rings is 1. The minimum atomic E-state index is -0.218. The number of hydrogen-bond acceptors (Lipinski definition) is 3. The third-order valence-electron chi connectivity index (χ3n) is 5.56. The van der Waals surface area contributed by atoms with Gasteiger partial charge in [-0.3, -0.25) is 14.4 Å². The number of hydrogen-bond donors (Lipinski definition) is 3. The zero-order chi connectivity index (χ0) is 20.5. The lowest BCUT2D eigenvalue weighted by Crippen LogP contribution is -2.40. The Balaban J connectivity index is 1.48. The van der Waals surface area contributed by atoms with Crippen LogP contribution in [0.15, 0.2) is 30.5 Å². The number of carbonyl (C=O) groups excluding carboxylic acids is 3. The fourth-order valence-corrected chi connectivity index (χ4v) is 3.73. The van der Waals surface area contributed by atoms with Gasteiger partial charge in [-0.25, -0.2) is 0 Å². The summed E-state index contributed by atoms with van der Waals surface area (Å²) in [5, 5.41) is 8.68. The molecule has 29 heavy (non-hydrogen) atoms. The third-order valence-corrected chi connectivity index (χ3v) is 5.56. The summed E-state index contributed by atoms with van der Waals surface area (Å²) in [6, 6.07) is 7.15. The highest BCUT2D eigenvalue weighted by Gasteiger charge is 2.28. The number of anilines is 1. The van der Waals surface area contributed by atoms with E-state index in [1.807, 2.05) is 26.0 Å². The molecule has 1 aromatic heterocycles. The van der Waals surface area contributed by atoms with Gasteiger partial charge in [0.2, 0.25) is 5.91 Å². The molecule has 3 amide bonds. The molecule has 2 aromatic rings. The lowest BCUT2D eigenvalue weighted by Gasteiger charge is -2.26. The van der Waals surface area contributed by atoms with Gasteiger partial charge in [-0.2, -0.15) is 0 Å². The van der Waals surface area contributed by atoms with E-state index in [2.05, 4.69) is 16.0 Å². The van der Waals surface area contributed by atoms with Crippen molar-refractivity contribution in [1.82, 2.24) is 15.2 Å². The van der Waals surface area contributed by atoms with Crippen LogP contribution in [0.2, 0.25) is 0 Å². The van der Waals surface area contributed by atoms with E-state index in [4.69, 9.17) is 0 Å². The van der Waals surface area contributed by atoms with Gasteiger partial charge in [-0.1, -0.05) is 17.7 Å². The van der Waals surface area contributed by atoms with E-state index in [1.54, 1.807) is 22.9 Å². The third kappa shape index (κ3) is 4.34. The number of aromatic nitrogens is 1. The summed E-state index contributed by atoms with van der Waals surface area (Å²) in [4.78, 5) is 37.2. The van der Waals surface area contributed by atoms with E-state index >= 15 is 0 Å². The number of fused-ring (bicyclic) bond motifs is 1. The molecule has 0 radical (unpaired) electrons. The Hall–Kier alpha value is -3.09. The second kappa shape index (κ2) is 7.73. The number of carbonyl (C=O) groups is 3. The van der Waals surface area contributed by atoms with E-state index in [9.17, 15) is 14.4 Å². The molecule has 2 heterocycles. The van der Waals surface area contributed by atoms with Gasteiger partial charge in [0.1, 0.15) is 5.69 Å². The first-order chi connectivity index (χ1) is 13.9. The van der Waals surface area contributed by atoms with Crippen LogP contribution in [0.5, 0.6) is 0 Å². The summed E-state index contributed by atoms with van der Waals surface area (Å²) in [6.45, 7) is 5.00. The number of nitrogens with one attached hydrogen (secondary N) is 3. The summed E-state index contributed by atoms with van der Waals surface area (Å²) >= 11 is 0. The first kappa shape index (κ1) is 19.2. The number of aryl methyl sites for hydroxylation is 2. The Kier molecular flexibility index (Phi) is 5.13. The van der Waals surface area contributed by atoms with Crippen LogP contribution in [-0.4, -0.2) is 35.4 Å². The normalized spacial score (nSPS) is 18.0. The predicted molar refractivity (Wildman–Crippen MR) is 110 cm³/mol. The summed E-state index contributed by atoms with van der Waals surface area (Å²) in [5.74, 6) is 0.189. The van der Waals surface area contributed by atoms with Crippen molar-refractivity contribution in [2.24, 2.45) is 5.92 Å². The maximum atomic E-state index is 12.7. The van der Waals surface area contributed by atoms with Crippen LogP contribution in [-0.2, 0) is 4.79 Å². The summed E-state index contributed by atoms with van der Waals surface area (Å²) in [7, 11) is 0. The lowest BCUT2D eigenvalue weighted by molar-refractivity contribution is -0.121. The van der Waals surface area contributed by atoms with Crippen molar-refractivity contribution in [3.05, 3.63) is 52.8 Å². The van der Waals surface area contributed by atoms with E-state index in [0.717, 1.165) is 17.7 Å². The molecule has 1 aliphatic heterocycles. The quantitative estimate of drug-likeness (QED) is 0.703. The molecular weight excluding hydrogens is 368 g/mol. The molecule has 1 fully saturated rings. The zero-order valence-electron chi connectivity index (χ0n) is 16.7. The summed E-state index contributed by atoms with van der Waals surface area (Å²) < 4.78 is 1.80. The molecule has 3 N–H and O–H groups in total. The molecule has 0 saturated heterocycles. The van der Waals surface area contributed by atoms with E-state index in [1.165, 1.54) is 12.8 Å². The van der Waals surface area contributed by atoms with Gasteiger partial charge < -0.3 is 20.5 Å². The minimum Gasteiger partial charge on any atom is -0.356 e. The molecule has 7 nitrogen and oxygen atoms in total. The number of amides is 3. The molecule has 1 atom stereocenters. The molecule has 0 bridgehead atoms. The second-order valence-electron chi connectivity index (χ2n) is 8.11. The van der Waals surface area contributed by atoms with Crippen molar-refractivity contribution >= 4 is 23.4 Å². The second-order valence-corrected chi connectivity index (χ2v) is 8.11. The summed E-state index contributed by atoms with van der Waals surface area (Å²) in [6.07, 6.45) is 4.41. The van der Waals surface area contributed by atoms with Gasteiger partial charge in [-0.05, 0) is 50.3 Å². The highest BCUT2D eigenvalue weighted by atomic mass is 16.2. The van der Waals surface area contributed by atoms with Gasteiger partial charge in [0, 0.05) is 31.3 Å². The average molecular weight is 394 g/mol. The van der Waals surface area contributed by atoms with E-state index < -0.39 is 0 Å². The van der Waals surface area contributed by atoms with Gasteiger partial charge in [0.25, 0.3) is 11.8 Å². The fraction of sp³-hybridized carbons (Fsp3) is 0.409. The van der Waals surface area contributed by atoms with Gasteiger partial charge in [0.05, 0.1) is 11.7 Å². The van der Waals surface area contributed by atoms with Crippen molar-refractivity contribution < 1.29 is 14.4 Å². The Morgan fingerprint density at radius 3 is 2.72 bits per heavy atom. The zero-order valence-corrected chi connectivity index (χ0v) is 16.7. The van der Waals surface area contributed by atoms with Gasteiger partial charge >= 0.3 is 0 Å². The van der Waals surface area contributed by atoms with Crippen LogP contribution in [0, 0.1) is 19.8 Å². The van der Waals surface area contributed by atoms with Crippen LogP contribution in [0.25, 0.3) is 0 Å². The van der Waals surface area contributed by atoms with Crippen molar-refractivity contribution in [1.29, 1.82) is 0 Å². The van der Waals surface area contributed by atoms with Crippen molar-refractivity contribution in [2.45, 2.75) is 39.2 Å². The van der Waals surface area contributed by atoms with Crippen LogP contribution in [0.4, 0.5) is 5.69 Å². The van der Waals surface area contributed by atoms with Crippen molar-refractivity contribution in [2.75, 3.05) is 18.4 Å². The molecule has 1 aliphatic carbocycles. The first-order valence-electron chi connectivity index (χ1n) is 10.1. The molecule has 1 saturated carbocycles. The molecular formula is C22H26N4O3. The molecule has 0 spiro atoms. The Morgan fingerprint density at radius 1 is 1.21 bits per heavy atom. The molecule has 1 aromatic carbocycles. The predicted octanol–water partition coefficient (Wildman–Crippen LogP) is 2.56. The Labute approximate surface area is 169 Å². The van der Waals surface area contributed by atoms with Crippen molar-refractivity contribution in [3.8, 4) is 0 Å². The van der Waals surface area contributed by atoms with Crippen LogP contribution < -0.4 is 16.0 Å². The molecule has 152 valence electrons. The maximum Gasteiger partial charge on any atom is 0.268 e. The average Bonchev–Trinajstić information content (AvgIpc) is 3.40. The van der Waals surface area contributed by atoms with Crippen LogP contribution in [0.3, 0.4) is 0 Å². The number of nitrogens with zero attached hydrogens (tertiary/aromatic N) is 1. The largest absolute Gasteiger partial charge is 0.356 e. The van der Waals surface area contributed by atoms with Gasteiger partial charge in [0.15, 0.2) is 0 Å². The minimum absolute atomic E-state index is 0.0152. The summed E-state index contributed by atoms with van der Waals surface area (Å²) in [5.41, 5.74) is 3.59. The molecule has 2 aliphatic rings. The molecule has 4 rings (SSSR count). The fourth-order valence-electron chi connectivity index (χ4n) is 3.73. The highest BCUT2D eigenvalue weighted by Crippen LogP contribution is 2.28. The lowest BCUT2D eigenvalue weighted by atomic mass is 10.1. The monoisotopic (exact) mass is 394 g/mol. The maximum absolute atomic E-state index is 12.7. The molecule has 1 unspecified atom stereocenters. The van der Waals surface area contributed by atoms with Crippen molar-refractivity contribution in [3.63, 3.8) is 0 Å². The van der Waals surface area contributed by atoms with E-state index in [0.29, 0.717) is 35.8 Å². The van der Waals surface area contributed by atoms with E-state index in [-0.39, 0.29) is 23.8 Å². The van der Waals surface area contributed by atoms with Gasteiger partial charge in [-0.15, -0.1) is 0 Å². The highest BCUT2D eigenvalue weighted by molar-refractivity contribution is 6.06. The standard InChI is InChI=1S/C22H26N4O3/c1-13-3-6-18(14(2)7-13)21(28)25-16-8-19-22(29)24-11-17(26(19)12-16)9-20(27)23-10-15-4-5-15/h3,6-8,12,15,17H,4-5,9-11H2,1-2H3,(H,23,27)(H,24,29)(H,25,28). The first-order valence-corrected chi connectivity index (χ1v) is 10.1. The van der Waals surface area contributed by atoms with Crippen LogP contribution in [0.1, 0.15) is 57.3 Å². The number of rotatable bonds is 6. The van der Waals surface area contributed by atoms with Crippen LogP contribution >= 0.6 is 0 Å². The smallest absolute Gasteiger partial charge is 0.268 e. The Morgan fingerprint density at radius 2 is 2.00 bits per heavy atom. The SMILES string of the molecule is Cc1ccc(C(=O)Nc2cc3n(c2)C(CC(=O)NCC2CC2)CNC3=O)c(C)c1. The topological polar surface area (TPSA) is 92.2 Å². The molecule has 7 heteroatoms.